The second kappa shape index (κ2) is 6.45. The Hall–Kier alpha value is -1.27. The molecular weight excluding hydrogens is 274 g/mol. The lowest BCUT2D eigenvalue weighted by molar-refractivity contribution is 0.102. The largest absolute Gasteiger partial charge is 0.492 e. The Kier molecular flexibility index (Phi) is 4.88. The number of piperazine rings is 1. The van der Waals surface area contributed by atoms with Crippen LogP contribution < -0.4 is 15.4 Å². The summed E-state index contributed by atoms with van der Waals surface area (Å²) in [5, 5.41) is 0.992. The lowest BCUT2D eigenvalue weighted by Crippen LogP contribution is -2.46. The summed E-state index contributed by atoms with van der Waals surface area (Å²) in [4.78, 5) is 17.0. The molecule has 1 fully saturated rings. The summed E-state index contributed by atoms with van der Waals surface area (Å²) >= 11 is 1.45. The molecule has 0 radical (unpaired) electrons. The molecule has 1 aromatic rings. The van der Waals surface area contributed by atoms with Crippen LogP contribution in [0.1, 0.15) is 29.9 Å². The van der Waals surface area contributed by atoms with Crippen LogP contribution in [0.4, 0.5) is 10.7 Å². The van der Waals surface area contributed by atoms with Gasteiger partial charge in [-0.3, -0.25) is 9.69 Å². The van der Waals surface area contributed by atoms with E-state index in [1.165, 1.54) is 17.8 Å². The van der Waals surface area contributed by atoms with Gasteiger partial charge in [-0.25, -0.2) is 0 Å². The summed E-state index contributed by atoms with van der Waals surface area (Å²) in [5.74, 6) is 0.658. The van der Waals surface area contributed by atoms with Crippen LogP contribution in [-0.2, 0) is 0 Å². The Morgan fingerprint density at radius 2 is 2.00 bits per heavy atom. The number of hydrogen-bond acceptors (Lipinski definition) is 6. The van der Waals surface area contributed by atoms with E-state index in [1.807, 2.05) is 0 Å². The van der Waals surface area contributed by atoms with Gasteiger partial charge in [0.05, 0.1) is 17.7 Å². The first-order chi connectivity index (χ1) is 9.58. The van der Waals surface area contributed by atoms with E-state index < -0.39 is 0 Å². The smallest absolute Gasteiger partial charge is 0.177 e. The molecule has 0 aromatic carbocycles. The number of thiophene rings is 1. The zero-order valence-corrected chi connectivity index (χ0v) is 13.3. The third-order valence-electron chi connectivity index (χ3n) is 3.61. The van der Waals surface area contributed by atoms with E-state index in [4.69, 9.17) is 10.5 Å². The zero-order chi connectivity index (χ0) is 14.7. The first-order valence-corrected chi connectivity index (χ1v) is 7.84. The molecule has 0 aliphatic carbocycles. The fourth-order valence-corrected chi connectivity index (χ4v) is 3.71. The average Bonchev–Trinajstić information content (AvgIpc) is 2.77. The van der Waals surface area contributed by atoms with Crippen molar-refractivity contribution in [2.24, 2.45) is 0 Å². The first-order valence-electron chi connectivity index (χ1n) is 7.03. The Bertz CT molecular complexity index is 479. The van der Waals surface area contributed by atoms with Gasteiger partial charge in [-0.2, -0.15) is 0 Å². The molecule has 2 heterocycles. The maximum atomic E-state index is 11.6. The lowest BCUT2D eigenvalue weighted by atomic mass is 10.2. The topological polar surface area (TPSA) is 58.8 Å². The van der Waals surface area contributed by atoms with Gasteiger partial charge < -0.3 is 15.4 Å². The quantitative estimate of drug-likeness (QED) is 0.843. The van der Waals surface area contributed by atoms with Crippen molar-refractivity contribution >= 4 is 27.8 Å². The highest BCUT2D eigenvalue weighted by atomic mass is 32.1. The molecule has 20 heavy (non-hydrogen) atoms. The third kappa shape index (κ3) is 2.91. The standard InChI is InChI=1S/C14H23N3O2S/c1-4-5-16-6-8-17(9-7-16)14-12(19-3)11(15)13(20-14)10(2)18/h4-9,15H2,1-3H3. The van der Waals surface area contributed by atoms with E-state index in [0.29, 0.717) is 16.3 Å². The predicted octanol–water partition coefficient (Wildman–Crippen LogP) is 2.07. The van der Waals surface area contributed by atoms with Gasteiger partial charge in [0.1, 0.15) is 5.00 Å². The Labute approximate surface area is 124 Å². The number of carbonyl (C=O) groups is 1. The minimum absolute atomic E-state index is 0.00155. The monoisotopic (exact) mass is 297 g/mol. The molecular formula is C14H23N3O2S. The van der Waals surface area contributed by atoms with E-state index in [1.54, 1.807) is 14.0 Å². The second-order valence-electron chi connectivity index (χ2n) is 5.07. The van der Waals surface area contributed by atoms with Gasteiger partial charge in [0.25, 0.3) is 0 Å². The molecule has 0 saturated carbocycles. The van der Waals surface area contributed by atoms with Crippen molar-refractivity contribution in [3.63, 3.8) is 0 Å². The number of rotatable bonds is 5. The maximum absolute atomic E-state index is 11.6. The normalized spacial score (nSPS) is 16.4. The molecule has 0 spiro atoms. The maximum Gasteiger partial charge on any atom is 0.177 e. The molecule has 112 valence electrons. The molecule has 1 aliphatic rings. The van der Waals surface area contributed by atoms with Crippen molar-refractivity contribution in [3.8, 4) is 5.75 Å². The molecule has 5 nitrogen and oxygen atoms in total. The highest BCUT2D eigenvalue weighted by molar-refractivity contribution is 7.19. The fraction of sp³-hybridized carbons (Fsp3) is 0.643. The van der Waals surface area contributed by atoms with E-state index in [2.05, 4.69) is 16.7 Å². The molecule has 2 N–H and O–H groups in total. The van der Waals surface area contributed by atoms with E-state index in [9.17, 15) is 4.79 Å². The molecule has 2 rings (SSSR count). The van der Waals surface area contributed by atoms with Crippen molar-refractivity contribution < 1.29 is 9.53 Å². The SMILES string of the molecule is CCCN1CCN(c2sc(C(C)=O)c(N)c2OC)CC1. The number of carbonyl (C=O) groups excluding carboxylic acids is 1. The van der Waals surface area contributed by atoms with Gasteiger partial charge in [0, 0.05) is 33.1 Å². The van der Waals surface area contributed by atoms with Crippen LogP contribution in [0.25, 0.3) is 0 Å². The number of hydrogen-bond donors (Lipinski definition) is 1. The second-order valence-corrected chi connectivity index (χ2v) is 6.07. The first kappa shape index (κ1) is 15.1. The zero-order valence-electron chi connectivity index (χ0n) is 12.4. The molecule has 6 heteroatoms. The van der Waals surface area contributed by atoms with Crippen molar-refractivity contribution in [1.29, 1.82) is 0 Å². The van der Waals surface area contributed by atoms with Crippen LogP contribution in [0.2, 0.25) is 0 Å². The van der Waals surface area contributed by atoms with E-state index >= 15 is 0 Å². The third-order valence-corrected chi connectivity index (χ3v) is 4.95. The molecule has 1 aromatic heterocycles. The number of anilines is 2. The summed E-state index contributed by atoms with van der Waals surface area (Å²) in [5.41, 5.74) is 6.51. The predicted molar refractivity (Wildman–Crippen MR) is 84.2 cm³/mol. The number of nitrogen functional groups attached to an aromatic ring is 1. The minimum atomic E-state index is 0.00155. The van der Waals surface area contributed by atoms with Gasteiger partial charge in [-0.05, 0) is 13.0 Å². The van der Waals surface area contributed by atoms with Gasteiger partial charge in [0.15, 0.2) is 11.5 Å². The van der Waals surface area contributed by atoms with Crippen LogP contribution in [-0.4, -0.2) is 50.5 Å². The summed E-state index contributed by atoms with van der Waals surface area (Å²) in [6.45, 7) is 8.89. The Balaban J connectivity index is 2.17. The number of ketones is 1. The van der Waals surface area contributed by atoms with E-state index in [-0.39, 0.29) is 5.78 Å². The highest BCUT2D eigenvalue weighted by Gasteiger charge is 2.26. The fourth-order valence-electron chi connectivity index (χ4n) is 2.57. The average molecular weight is 297 g/mol. The molecule has 1 saturated heterocycles. The van der Waals surface area contributed by atoms with Crippen LogP contribution in [0, 0.1) is 0 Å². The Morgan fingerprint density at radius 1 is 1.35 bits per heavy atom. The van der Waals surface area contributed by atoms with Crippen LogP contribution in [0.15, 0.2) is 0 Å². The van der Waals surface area contributed by atoms with Crippen LogP contribution >= 0.6 is 11.3 Å². The van der Waals surface area contributed by atoms with Gasteiger partial charge in [0.2, 0.25) is 0 Å². The highest BCUT2D eigenvalue weighted by Crippen LogP contribution is 2.45. The number of Topliss-reactive ketones (excluding diaryl/α,β-unsaturated/α-hetero) is 1. The van der Waals surface area contributed by atoms with Crippen molar-refractivity contribution in [3.05, 3.63) is 4.88 Å². The van der Waals surface area contributed by atoms with Crippen molar-refractivity contribution in [2.75, 3.05) is 50.5 Å². The summed E-state index contributed by atoms with van der Waals surface area (Å²) in [6, 6.07) is 0. The summed E-state index contributed by atoms with van der Waals surface area (Å²) < 4.78 is 5.41. The lowest BCUT2D eigenvalue weighted by Gasteiger charge is -2.35. The number of methoxy groups -OCH3 is 1. The van der Waals surface area contributed by atoms with Gasteiger partial charge >= 0.3 is 0 Å². The molecule has 1 aliphatic heterocycles. The Morgan fingerprint density at radius 3 is 2.50 bits per heavy atom. The molecule has 0 amide bonds. The molecule has 0 atom stereocenters. The summed E-state index contributed by atoms with van der Waals surface area (Å²) in [7, 11) is 1.61. The summed E-state index contributed by atoms with van der Waals surface area (Å²) in [6.07, 6.45) is 1.18. The van der Waals surface area contributed by atoms with Crippen LogP contribution in [0.5, 0.6) is 5.75 Å². The number of nitrogens with two attached hydrogens (primary N) is 1. The number of ether oxygens (including phenoxy) is 1. The van der Waals surface area contributed by atoms with Crippen molar-refractivity contribution in [1.82, 2.24) is 4.90 Å². The van der Waals surface area contributed by atoms with Crippen LogP contribution in [0.3, 0.4) is 0 Å². The minimum Gasteiger partial charge on any atom is -0.492 e. The molecule has 0 unspecified atom stereocenters. The van der Waals surface area contributed by atoms with Gasteiger partial charge in [-0.1, -0.05) is 6.92 Å². The van der Waals surface area contributed by atoms with Gasteiger partial charge in [-0.15, -0.1) is 11.3 Å². The molecule has 0 bridgehead atoms. The number of nitrogens with zero attached hydrogens (tertiary/aromatic N) is 2. The van der Waals surface area contributed by atoms with E-state index in [0.717, 1.165) is 37.7 Å². The van der Waals surface area contributed by atoms with Crippen molar-refractivity contribution in [2.45, 2.75) is 20.3 Å².